The number of rotatable bonds is 5. The molecule has 21 heavy (non-hydrogen) atoms. The van der Waals surface area contributed by atoms with Gasteiger partial charge < -0.3 is 15.4 Å². The molecular formula is C16H24N2O2S. The van der Waals surface area contributed by atoms with E-state index in [1.54, 1.807) is 0 Å². The molecule has 1 aromatic carbocycles. The van der Waals surface area contributed by atoms with Crippen LogP contribution in [-0.2, 0) is 4.74 Å². The third-order valence-electron chi connectivity index (χ3n) is 3.62. The topological polar surface area (TPSA) is 50.4 Å². The Hall–Kier alpha value is -1.20. The molecule has 2 atom stereocenters. The number of thioether (sulfide) groups is 1. The van der Waals surface area contributed by atoms with E-state index >= 15 is 0 Å². The van der Waals surface area contributed by atoms with Gasteiger partial charge in [0.2, 0.25) is 0 Å². The molecule has 0 bridgehead atoms. The summed E-state index contributed by atoms with van der Waals surface area (Å²) in [7, 11) is 0. The molecule has 0 saturated carbocycles. The van der Waals surface area contributed by atoms with Crippen molar-refractivity contribution >= 4 is 23.5 Å². The lowest BCUT2D eigenvalue weighted by Gasteiger charge is -2.15. The Bertz CT molecular complexity index is 487. The van der Waals surface area contributed by atoms with Crippen LogP contribution in [0.5, 0.6) is 0 Å². The molecule has 0 radical (unpaired) electrons. The third-order valence-corrected chi connectivity index (χ3v) is 4.88. The number of anilines is 1. The summed E-state index contributed by atoms with van der Waals surface area (Å²) in [5, 5.41) is 6.45. The summed E-state index contributed by atoms with van der Waals surface area (Å²) in [6.45, 7) is 7.78. The molecule has 1 aromatic rings. The van der Waals surface area contributed by atoms with E-state index in [0.29, 0.717) is 11.9 Å². The Balaban J connectivity index is 1.92. The lowest BCUT2D eigenvalue weighted by Crippen LogP contribution is -2.38. The predicted molar refractivity (Wildman–Crippen MR) is 88.2 cm³/mol. The second-order valence-electron chi connectivity index (χ2n) is 5.47. The zero-order valence-corrected chi connectivity index (χ0v) is 13.8. The smallest absolute Gasteiger partial charge is 0.319 e. The SMILES string of the molecule is CC[C@@H](C)Sc1ccc(NC(=O)N[C@H]2CCOC2)c(C)c1. The molecule has 2 N–H and O–H groups in total. The van der Waals surface area contributed by atoms with Gasteiger partial charge in [-0.15, -0.1) is 11.8 Å². The first-order valence-corrected chi connectivity index (χ1v) is 8.39. The molecule has 0 spiro atoms. The predicted octanol–water partition coefficient (Wildman–Crippen LogP) is 3.80. The maximum absolute atomic E-state index is 11.9. The summed E-state index contributed by atoms with van der Waals surface area (Å²) in [5.41, 5.74) is 1.95. The van der Waals surface area contributed by atoms with E-state index in [0.717, 1.165) is 30.7 Å². The lowest BCUT2D eigenvalue weighted by atomic mass is 10.2. The number of nitrogens with one attached hydrogen (secondary N) is 2. The summed E-state index contributed by atoms with van der Waals surface area (Å²) >= 11 is 1.87. The van der Waals surface area contributed by atoms with Gasteiger partial charge in [-0.25, -0.2) is 4.79 Å². The molecule has 4 nitrogen and oxygen atoms in total. The molecule has 5 heteroatoms. The zero-order valence-electron chi connectivity index (χ0n) is 12.9. The van der Waals surface area contributed by atoms with Crippen molar-refractivity contribution in [1.29, 1.82) is 0 Å². The van der Waals surface area contributed by atoms with E-state index in [1.807, 2.05) is 24.8 Å². The monoisotopic (exact) mass is 308 g/mol. The molecule has 0 aromatic heterocycles. The van der Waals surface area contributed by atoms with Crippen LogP contribution in [-0.4, -0.2) is 30.5 Å². The minimum atomic E-state index is -0.157. The number of amides is 2. The molecular weight excluding hydrogens is 284 g/mol. The summed E-state index contributed by atoms with van der Waals surface area (Å²) in [4.78, 5) is 13.2. The fraction of sp³-hybridized carbons (Fsp3) is 0.562. The van der Waals surface area contributed by atoms with Crippen LogP contribution in [0.2, 0.25) is 0 Å². The molecule has 1 aliphatic heterocycles. The molecule has 116 valence electrons. The van der Waals surface area contributed by atoms with Gasteiger partial charge in [-0.1, -0.05) is 13.8 Å². The molecule has 0 aliphatic carbocycles. The molecule has 1 heterocycles. The van der Waals surface area contributed by atoms with Crippen molar-refractivity contribution in [2.75, 3.05) is 18.5 Å². The molecule has 1 fully saturated rings. The number of hydrogen-bond donors (Lipinski definition) is 2. The molecule has 1 aliphatic rings. The molecule has 1 saturated heterocycles. The average molecular weight is 308 g/mol. The van der Waals surface area contributed by atoms with E-state index in [9.17, 15) is 4.79 Å². The van der Waals surface area contributed by atoms with Crippen LogP contribution in [0.1, 0.15) is 32.3 Å². The van der Waals surface area contributed by atoms with E-state index in [-0.39, 0.29) is 12.1 Å². The minimum Gasteiger partial charge on any atom is -0.379 e. The van der Waals surface area contributed by atoms with Crippen LogP contribution in [0, 0.1) is 6.92 Å². The second-order valence-corrected chi connectivity index (χ2v) is 6.98. The van der Waals surface area contributed by atoms with Crippen LogP contribution in [0.15, 0.2) is 23.1 Å². The van der Waals surface area contributed by atoms with Crippen molar-refractivity contribution in [2.24, 2.45) is 0 Å². The quantitative estimate of drug-likeness (QED) is 0.814. The highest BCUT2D eigenvalue weighted by atomic mass is 32.2. The second kappa shape index (κ2) is 7.71. The van der Waals surface area contributed by atoms with Gasteiger partial charge in [-0.05, 0) is 43.5 Å². The van der Waals surface area contributed by atoms with Crippen LogP contribution in [0.25, 0.3) is 0 Å². The first-order chi connectivity index (χ1) is 10.1. The lowest BCUT2D eigenvalue weighted by molar-refractivity contribution is 0.189. The first-order valence-electron chi connectivity index (χ1n) is 7.51. The Morgan fingerprint density at radius 1 is 1.52 bits per heavy atom. The summed E-state index contributed by atoms with van der Waals surface area (Å²) in [5.74, 6) is 0. The van der Waals surface area contributed by atoms with Gasteiger partial charge in [0.05, 0.1) is 12.6 Å². The van der Waals surface area contributed by atoms with E-state index in [2.05, 4.69) is 36.6 Å². The maximum Gasteiger partial charge on any atom is 0.319 e. The van der Waals surface area contributed by atoms with Gasteiger partial charge >= 0.3 is 6.03 Å². The van der Waals surface area contributed by atoms with Crippen LogP contribution < -0.4 is 10.6 Å². The number of carbonyl (C=O) groups excluding carboxylic acids is 1. The fourth-order valence-corrected chi connectivity index (χ4v) is 3.18. The largest absolute Gasteiger partial charge is 0.379 e. The average Bonchev–Trinajstić information content (AvgIpc) is 2.94. The number of aryl methyl sites for hydroxylation is 1. The fourth-order valence-electron chi connectivity index (χ4n) is 2.16. The number of benzene rings is 1. The van der Waals surface area contributed by atoms with Gasteiger partial charge in [0.25, 0.3) is 0 Å². The van der Waals surface area contributed by atoms with Crippen molar-refractivity contribution in [2.45, 2.75) is 49.8 Å². The highest BCUT2D eigenvalue weighted by Gasteiger charge is 2.18. The van der Waals surface area contributed by atoms with Crippen molar-refractivity contribution in [1.82, 2.24) is 5.32 Å². The van der Waals surface area contributed by atoms with Crippen molar-refractivity contribution in [3.63, 3.8) is 0 Å². The van der Waals surface area contributed by atoms with Crippen molar-refractivity contribution in [3.8, 4) is 0 Å². The number of carbonyl (C=O) groups is 1. The third kappa shape index (κ3) is 4.93. The normalized spacial score (nSPS) is 19.3. The molecule has 2 amide bonds. The van der Waals surface area contributed by atoms with Crippen molar-refractivity contribution in [3.05, 3.63) is 23.8 Å². The Kier molecular flexibility index (Phi) is 5.94. The Morgan fingerprint density at radius 2 is 2.33 bits per heavy atom. The standard InChI is InChI=1S/C16H24N2O2S/c1-4-12(3)21-14-5-6-15(11(2)9-14)18-16(19)17-13-7-8-20-10-13/h5-6,9,12-13H,4,7-8,10H2,1-3H3,(H2,17,18,19)/t12-,13+/m1/s1. The highest BCUT2D eigenvalue weighted by molar-refractivity contribution is 7.99. The summed E-state index contributed by atoms with van der Waals surface area (Å²) in [6.07, 6.45) is 2.03. The van der Waals surface area contributed by atoms with Gasteiger partial charge in [0.15, 0.2) is 0 Å². The van der Waals surface area contributed by atoms with Crippen LogP contribution >= 0.6 is 11.8 Å². The van der Waals surface area contributed by atoms with E-state index in [1.165, 1.54) is 4.90 Å². The first kappa shape index (κ1) is 16.2. The molecule has 2 rings (SSSR count). The van der Waals surface area contributed by atoms with Gasteiger partial charge in [0, 0.05) is 22.4 Å². The van der Waals surface area contributed by atoms with Crippen molar-refractivity contribution < 1.29 is 9.53 Å². The van der Waals surface area contributed by atoms with Crippen LogP contribution in [0.3, 0.4) is 0 Å². The highest BCUT2D eigenvalue weighted by Crippen LogP contribution is 2.28. The Labute approximate surface area is 131 Å². The van der Waals surface area contributed by atoms with E-state index < -0.39 is 0 Å². The summed E-state index contributed by atoms with van der Waals surface area (Å²) in [6, 6.07) is 6.15. The Morgan fingerprint density at radius 3 is 2.95 bits per heavy atom. The number of urea groups is 1. The van der Waals surface area contributed by atoms with Gasteiger partial charge in [-0.3, -0.25) is 0 Å². The number of ether oxygens (including phenoxy) is 1. The maximum atomic E-state index is 11.9. The zero-order chi connectivity index (χ0) is 15.2. The molecule has 0 unspecified atom stereocenters. The van der Waals surface area contributed by atoms with Crippen LogP contribution in [0.4, 0.5) is 10.5 Å². The number of hydrogen-bond acceptors (Lipinski definition) is 3. The summed E-state index contributed by atoms with van der Waals surface area (Å²) < 4.78 is 5.25. The minimum absolute atomic E-state index is 0.130. The van der Waals surface area contributed by atoms with Gasteiger partial charge in [0.1, 0.15) is 0 Å². The van der Waals surface area contributed by atoms with E-state index in [4.69, 9.17) is 4.74 Å². The van der Waals surface area contributed by atoms with Gasteiger partial charge in [-0.2, -0.15) is 0 Å².